The number of nitrogens with one attached hydrogen (secondary N) is 1. The monoisotopic (exact) mass is 370 g/mol. The summed E-state index contributed by atoms with van der Waals surface area (Å²) in [6.07, 6.45) is 2.59. The quantitative estimate of drug-likeness (QED) is 0.622. The van der Waals surface area contributed by atoms with Gasteiger partial charge in [-0.05, 0) is 42.3 Å². The van der Waals surface area contributed by atoms with Gasteiger partial charge in [-0.1, -0.05) is 36.4 Å². The summed E-state index contributed by atoms with van der Waals surface area (Å²) in [4.78, 5) is 10.7. The first-order valence-corrected chi connectivity index (χ1v) is 10.3. The molecule has 0 radical (unpaired) electrons. The molecule has 0 bridgehead atoms. The maximum atomic E-state index is 4.47. The molecule has 5 heteroatoms. The van der Waals surface area contributed by atoms with Gasteiger partial charge in [0.25, 0.3) is 0 Å². The van der Waals surface area contributed by atoms with E-state index in [9.17, 15) is 0 Å². The van der Waals surface area contributed by atoms with E-state index in [1.165, 1.54) is 36.4 Å². The van der Waals surface area contributed by atoms with Crippen molar-refractivity contribution >= 4 is 17.3 Å². The Hall–Kier alpha value is -1.85. The van der Waals surface area contributed by atoms with Crippen molar-refractivity contribution in [1.29, 1.82) is 0 Å². The number of aliphatic imine (C=N–C) groups is 1. The molecule has 1 saturated heterocycles. The van der Waals surface area contributed by atoms with Crippen molar-refractivity contribution in [1.82, 2.24) is 15.1 Å². The summed E-state index contributed by atoms with van der Waals surface area (Å²) in [7, 11) is 3.97. The number of rotatable bonds is 6. The van der Waals surface area contributed by atoms with Crippen LogP contribution in [0.2, 0.25) is 0 Å². The van der Waals surface area contributed by atoms with Gasteiger partial charge < -0.3 is 10.2 Å². The largest absolute Gasteiger partial charge is 0.356 e. The topological polar surface area (TPSA) is 30.9 Å². The second kappa shape index (κ2) is 9.74. The van der Waals surface area contributed by atoms with E-state index in [2.05, 4.69) is 75.0 Å². The van der Waals surface area contributed by atoms with Gasteiger partial charge in [-0.15, -0.1) is 11.3 Å². The lowest BCUT2D eigenvalue weighted by Gasteiger charge is -2.33. The summed E-state index contributed by atoms with van der Waals surface area (Å²) in [5.41, 5.74) is 1.30. The van der Waals surface area contributed by atoms with Crippen LogP contribution < -0.4 is 5.32 Å². The molecule has 140 valence electrons. The molecule has 1 N–H and O–H groups in total. The van der Waals surface area contributed by atoms with Crippen LogP contribution >= 0.6 is 11.3 Å². The van der Waals surface area contributed by atoms with Gasteiger partial charge in [-0.2, -0.15) is 0 Å². The molecule has 1 aromatic carbocycles. The van der Waals surface area contributed by atoms with Crippen molar-refractivity contribution in [2.45, 2.75) is 25.9 Å². The highest BCUT2D eigenvalue weighted by molar-refractivity contribution is 7.09. The highest BCUT2D eigenvalue weighted by atomic mass is 32.1. The number of likely N-dealkylation sites (tertiary alicyclic amines) is 1. The normalized spacial score (nSPS) is 18.7. The number of thiophene rings is 1. The Morgan fingerprint density at radius 3 is 2.85 bits per heavy atom. The van der Waals surface area contributed by atoms with E-state index in [0.29, 0.717) is 5.92 Å². The van der Waals surface area contributed by atoms with Crippen LogP contribution in [0.5, 0.6) is 0 Å². The number of hydrogen-bond acceptors (Lipinski definition) is 3. The summed E-state index contributed by atoms with van der Waals surface area (Å²) in [5, 5.41) is 5.76. The summed E-state index contributed by atoms with van der Waals surface area (Å²) >= 11 is 1.86. The molecule has 1 fully saturated rings. The predicted molar refractivity (Wildman–Crippen MR) is 112 cm³/mol. The first-order valence-electron chi connectivity index (χ1n) is 9.45. The zero-order valence-electron chi connectivity index (χ0n) is 15.9. The Balaban J connectivity index is 1.47. The van der Waals surface area contributed by atoms with Crippen molar-refractivity contribution in [3.8, 4) is 0 Å². The zero-order valence-corrected chi connectivity index (χ0v) is 16.7. The average Bonchev–Trinajstić information content (AvgIpc) is 3.16. The number of benzene rings is 1. The maximum absolute atomic E-state index is 4.47. The second-order valence-corrected chi connectivity index (χ2v) is 8.12. The van der Waals surface area contributed by atoms with Gasteiger partial charge in [-0.3, -0.25) is 9.89 Å². The van der Waals surface area contributed by atoms with Gasteiger partial charge in [0, 0.05) is 45.2 Å². The molecule has 4 nitrogen and oxygen atoms in total. The van der Waals surface area contributed by atoms with Crippen molar-refractivity contribution in [3.63, 3.8) is 0 Å². The van der Waals surface area contributed by atoms with Gasteiger partial charge in [0.05, 0.1) is 0 Å². The molecule has 26 heavy (non-hydrogen) atoms. The molecule has 2 heterocycles. The van der Waals surface area contributed by atoms with Crippen molar-refractivity contribution in [2.24, 2.45) is 10.9 Å². The highest BCUT2D eigenvalue weighted by Gasteiger charge is 2.21. The molecule has 1 aliphatic rings. The Kier molecular flexibility index (Phi) is 7.09. The van der Waals surface area contributed by atoms with Gasteiger partial charge in [-0.25, -0.2) is 0 Å². The third-order valence-electron chi connectivity index (χ3n) is 4.95. The fraction of sp³-hybridized carbons (Fsp3) is 0.476. The van der Waals surface area contributed by atoms with Gasteiger partial charge in [0.2, 0.25) is 0 Å². The number of guanidine groups is 1. The second-order valence-electron chi connectivity index (χ2n) is 7.09. The van der Waals surface area contributed by atoms with E-state index in [-0.39, 0.29) is 0 Å². The van der Waals surface area contributed by atoms with E-state index >= 15 is 0 Å². The average molecular weight is 371 g/mol. The predicted octanol–water partition coefficient (Wildman–Crippen LogP) is 3.67. The Bertz CT molecular complexity index is 669. The SMILES string of the molecule is CN=C(NCC1CCCN(Cc2cccs2)C1)N(C)Cc1ccccc1. The maximum Gasteiger partial charge on any atom is 0.193 e. The van der Waals surface area contributed by atoms with Crippen LogP contribution in [0, 0.1) is 5.92 Å². The molecule has 1 unspecified atom stereocenters. The lowest BCUT2D eigenvalue weighted by Crippen LogP contribution is -2.44. The van der Waals surface area contributed by atoms with E-state index in [1.54, 1.807) is 0 Å². The number of hydrogen-bond donors (Lipinski definition) is 1. The van der Waals surface area contributed by atoms with Crippen LogP contribution in [0.25, 0.3) is 0 Å². The Morgan fingerprint density at radius 2 is 2.12 bits per heavy atom. The molecule has 1 atom stereocenters. The molecule has 0 amide bonds. The molecule has 1 aromatic heterocycles. The Labute approximate surface area is 161 Å². The van der Waals surface area contributed by atoms with Crippen LogP contribution in [0.1, 0.15) is 23.3 Å². The standard InChI is InChI=1S/C21H30N4S/c1-22-21(24(2)15-18-8-4-3-5-9-18)23-14-19-10-6-12-25(16-19)17-20-11-7-13-26-20/h3-5,7-9,11,13,19H,6,10,12,14-17H2,1-2H3,(H,22,23). The number of nitrogens with zero attached hydrogens (tertiary/aromatic N) is 3. The summed E-state index contributed by atoms with van der Waals surface area (Å²) < 4.78 is 0. The Morgan fingerprint density at radius 1 is 1.27 bits per heavy atom. The van der Waals surface area contributed by atoms with Crippen LogP contribution in [-0.4, -0.2) is 49.5 Å². The van der Waals surface area contributed by atoms with Gasteiger partial charge in [0.15, 0.2) is 5.96 Å². The van der Waals surface area contributed by atoms with Crippen molar-refractivity contribution < 1.29 is 0 Å². The third kappa shape index (κ3) is 5.58. The molecule has 0 spiro atoms. The number of piperidine rings is 1. The van der Waals surface area contributed by atoms with E-state index in [0.717, 1.165) is 25.6 Å². The first-order chi connectivity index (χ1) is 12.7. The summed E-state index contributed by atoms with van der Waals surface area (Å²) in [6, 6.07) is 14.9. The van der Waals surface area contributed by atoms with Crippen LogP contribution in [0.15, 0.2) is 52.8 Å². The first kappa shape index (κ1) is 18.9. The van der Waals surface area contributed by atoms with Crippen molar-refractivity contribution in [2.75, 3.05) is 33.7 Å². The van der Waals surface area contributed by atoms with Crippen LogP contribution in [0.3, 0.4) is 0 Å². The molecule has 0 aliphatic carbocycles. The summed E-state index contributed by atoms with van der Waals surface area (Å²) in [6.45, 7) is 5.35. The van der Waals surface area contributed by atoms with Gasteiger partial charge >= 0.3 is 0 Å². The lowest BCUT2D eigenvalue weighted by molar-refractivity contribution is 0.169. The molecule has 0 saturated carbocycles. The van der Waals surface area contributed by atoms with Crippen molar-refractivity contribution in [3.05, 3.63) is 58.3 Å². The molecule has 2 aromatic rings. The highest BCUT2D eigenvalue weighted by Crippen LogP contribution is 2.20. The minimum atomic E-state index is 0.686. The molecular formula is C21H30N4S. The fourth-order valence-corrected chi connectivity index (χ4v) is 4.38. The fourth-order valence-electron chi connectivity index (χ4n) is 3.64. The molecular weight excluding hydrogens is 340 g/mol. The molecule has 1 aliphatic heterocycles. The van der Waals surface area contributed by atoms with Crippen LogP contribution in [-0.2, 0) is 13.1 Å². The molecule has 3 rings (SSSR count). The minimum Gasteiger partial charge on any atom is -0.356 e. The van der Waals surface area contributed by atoms with E-state index in [1.807, 2.05) is 18.4 Å². The lowest BCUT2D eigenvalue weighted by atomic mass is 9.98. The van der Waals surface area contributed by atoms with Gasteiger partial charge in [0.1, 0.15) is 0 Å². The van der Waals surface area contributed by atoms with E-state index in [4.69, 9.17) is 0 Å². The van der Waals surface area contributed by atoms with Crippen LogP contribution in [0.4, 0.5) is 0 Å². The summed E-state index contributed by atoms with van der Waals surface area (Å²) in [5.74, 6) is 1.66. The minimum absolute atomic E-state index is 0.686. The zero-order chi connectivity index (χ0) is 18.2. The smallest absolute Gasteiger partial charge is 0.193 e. The van der Waals surface area contributed by atoms with E-state index < -0.39 is 0 Å². The third-order valence-corrected chi connectivity index (χ3v) is 5.81.